The number of methoxy groups -OCH3 is 1. The van der Waals surface area contributed by atoms with Crippen molar-refractivity contribution in [2.75, 3.05) is 27.0 Å². The van der Waals surface area contributed by atoms with Crippen LogP contribution in [0.1, 0.15) is 18.4 Å². The Kier molecular flexibility index (Phi) is 4.73. The molecule has 29 heavy (non-hydrogen) atoms. The molecule has 2 aliphatic heterocycles. The first-order valence-corrected chi connectivity index (χ1v) is 9.91. The molecule has 3 aromatic rings. The number of rotatable bonds is 4. The van der Waals surface area contributed by atoms with Crippen LogP contribution in [0.4, 0.5) is 0 Å². The minimum absolute atomic E-state index is 0.0459. The van der Waals surface area contributed by atoms with E-state index in [4.69, 9.17) is 18.6 Å². The predicted octanol–water partition coefficient (Wildman–Crippen LogP) is 3.80. The number of ether oxygens (including phenoxy) is 3. The molecule has 1 atom stereocenters. The molecule has 0 radical (unpaired) electrons. The van der Waals surface area contributed by atoms with Crippen LogP contribution in [0.2, 0.25) is 0 Å². The van der Waals surface area contributed by atoms with Crippen LogP contribution in [0, 0.1) is 0 Å². The van der Waals surface area contributed by atoms with Crippen molar-refractivity contribution in [3.8, 4) is 22.6 Å². The van der Waals surface area contributed by atoms with E-state index in [-0.39, 0.29) is 11.5 Å². The summed E-state index contributed by atoms with van der Waals surface area (Å²) in [5.41, 5.74) is 2.81. The van der Waals surface area contributed by atoms with Gasteiger partial charge in [-0.05, 0) is 42.7 Å². The summed E-state index contributed by atoms with van der Waals surface area (Å²) in [6.45, 7) is 2.86. The van der Waals surface area contributed by atoms with Crippen LogP contribution < -0.4 is 14.9 Å². The highest BCUT2D eigenvalue weighted by Gasteiger charge is 2.26. The third kappa shape index (κ3) is 3.39. The Balaban J connectivity index is 1.50. The van der Waals surface area contributed by atoms with Gasteiger partial charge in [-0.3, -0.25) is 9.69 Å². The fourth-order valence-electron chi connectivity index (χ4n) is 4.12. The van der Waals surface area contributed by atoms with Crippen LogP contribution in [-0.2, 0) is 11.3 Å². The maximum absolute atomic E-state index is 13.2. The molecule has 1 unspecified atom stereocenters. The second-order valence-corrected chi connectivity index (χ2v) is 7.55. The van der Waals surface area contributed by atoms with Gasteiger partial charge in [0.2, 0.25) is 5.43 Å². The lowest BCUT2D eigenvalue weighted by Crippen LogP contribution is -2.37. The first kappa shape index (κ1) is 18.2. The minimum Gasteiger partial charge on any atom is -0.497 e. The van der Waals surface area contributed by atoms with Gasteiger partial charge in [0.05, 0.1) is 29.7 Å². The number of benzene rings is 2. The molecular formula is C23H23NO5. The lowest BCUT2D eigenvalue weighted by Gasteiger charge is -2.30. The van der Waals surface area contributed by atoms with Crippen molar-refractivity contribution < 1.29 is 18.6 Å². The lowest BCUT2D eigenvalue weighted by molar-refractivity contribution is 0.0281. The molecule has 0 aliphatic carbocycles. The second-order valence-electron chi connectivity index (χ2n) is 7.55. The zero-order chi connectivity index (χ0) is 19.8. The topological polar surface area (TPSA) is 61.1 Å². The molecule has 2 aromatic carbocycles. The quantitative estimate of drug-likeness (QED) is 0.672. The van der Waals surface area contributed by atoms with Crippen LogP contribution in [0.25, 0.3) is 22.1 Å². The average molecular weight is 393 g/mol. The normalized spacial score (nSPS) is 19.1. The number of hydrogen-bond donors (Lipinski definition) is 0. The molecular weight excluding hydrogens is 370 g/mol. The van der Waals surface area contributed by atoms with Gasteiger partial charge >= 0.3 is 0 Å². The summed E-state index contributed by atoms with van der Waals surface area (Å²) in [6, 6.07) is 11.1. The largest absolute Gasteiger partial charge is 0.497 e. The fraction of sp³-hybridized carbons (Fsp3) is 0.348. The maximum atomic E-state index is 13.2. The van der Waals surface area contributed by atoms with Gasteiger partial charge in [-0.2, -0.15) is 0 Å². The van der Waals surface area contributed by atoms with Gasteiger partial charge in [0, 0.05) is 19.7 Å². The summed E-state index contributed by atoms with van der Waals surface area (Å²) >= 11 is 0. The molecule has 150 valence electrons. The van der Waals surface area contributed by atoms with E-state index >= 15 is 0 Å². The van der Waals surface area contributed by atoms with E-state index in [1.165, 1.54) is 0 Å². The minimum atomic E-state index is -0.0459. The SMILES string of the molecule is COc1ccc(-c2coc3c4c(ccc3c2=O)OCN(CC2CCCO2)C4)cc1. The van der Waals surface area contributed by atoms with Crippen molar-refractivity contribution in [3.63, 3.8) is 0 Å². The lowest BCUT2D eigenvalue weighted by atomic mass is 10.0. The Morgan fingerprint density at radius 3 is 2.79 bits per heavy atom. The van der Waals surface area contributed by atoms with Crippen molar-refractivity contribution in [2.45, 2.75) is 25.5 Å². The number of nitrogens with zero attached hydrogens (tertiary/aromatic N) is 1. The summed E-state index contributed by atoms with van der Waals surface area (Å²) in [4.78, 5) is 15.4. The van der Waals surface area contributed by atoms with Gasteiger partial charge in [-0.25, -0.2) is 0 Å². The highest BCUT2D eigenvalue weighted by Crippen LogP contribution is 2.33. The van der Waals surface area contributed by atoms with Gasteiger partial charge in [0.15, 0.2) is 0 Å². The van der Waals surface area contributed by atoms with Crippen LogP contribution in [0.5, 0.6) is 11.5 Å². The van der Waals surface area contributed by atoms with Crippen LogP contribution in [0.15, 0.2) is 51.9 Å². The maximum Gasteiger partial charge on any atom is 0.200 e. The van der Waals surface area contributed by atoms with Gasteiger partial charge in [-0.1, -0.05) is 12.1 Å². The van der Waals surface area contributed by atoms with E-state index in [1.54, 1.807) is 19.4 Å². The third-order valence-electron chi connectivity index (χ3n) is 5.67. The van der Waals surface area contributed by atoms with Crippen LogP contribution in [0.3, 0.4) is 0 Å². The van der Waals surface area contributed by atoms with E-state index < -0.39 is 0 Å². The Labute approximate surface area is 168 Å². The summed E-state index contributed by atoms with van der Waals surface area (Å²) in [5, 5.41) is 0.569. The summed E-state index contributed by atoms with van der Waals surface area (Å²) < 4.78 is 22.9. The monoisotopic (exact) mass is 393 g/mol. The Hall–Kier alpha value is -2.83. The van der Waals surface area contributed by atoms with Crippen molar-refractivity contribution in [1.82, 2.24) is 4.90 Å². The molecule has 0 N–H and O–H groups in total. The van der Waals surface area contributed by atoms with Gasteiger partial charge in [0.1, 0.15) is 30.1 Å². The summed E-state index contributed by atoms with van der Waals surface area (Å²) in [6.07, 6.45) is 4.00. The highest BCUT2D eigenvalue weighted by molar-refractivity contribution is 5.85. The fourth-order valence-corrected chi connectivity index (χ4v) is 4.12. The molecule has 0 amide bonds. The predicted molar refractivity (Wildman–Crippen MR) is 109 cm³/mol. The zero-order valence-corrected chi connectivity index (χ0v) is 16.3. The smallest absolute Gasteiger partial charge is 0.200 e. The molecule has 1 saturated heterocycles. The van der Waals surface area contributed by atoms with E-state index in [2.05, 4.69) is 4.90 Å². The van der Waals surface area contributed by atoms with Crippen molar-refractivity contribution >= 4 is 11.0 Å². The van der Waals surface area contributed by atoms with E-state index in [1.807, 2.05) is 30.3 Å². The highest BCUT2D eigenvalue weighted by atomic mass is 16.5. The molecule has 5 rings (SSSR count). The molecule has 0 spiro atoms. The van der Waals surface area contributed by atoms with E-state index in [9.17, 15) is 4.79 Å². The third-order valence-corrected chi connectivity index (χ3v) is 5.67. The second kappa shape index (κ2) is 7.54. The van der Waals surface area contributed by atoms with E-state index in [0.717, 1.165) is 48.6 Å². The molecule has 0 saturated carbocycles. The molecule has 1 fully saturated rings. The van der Waals surface area contributed by atoms with Crippen molar-refractivity contribution in [1.29, 1.82) is 0 Å². The van der Waals surface area contributed by atoms with Gasteiger partial charge in [0.25, 0.3) is 0 Å². The van der Waals surface area contributed by atoms with E-state index in [0.29, 0.717) is 29.8 Å². The first-order valence-electron chi connectivity index (χ1n) is 9.91. The Morgan fingerprint density at radius 2 is 2.03 bits per heavy atom. The van der Waals surface area contributed by atoms with Crippen LogP contribution in [-0.4, -0.2) is 38.0 Å². The van der Waals surface area contributed by atoms with Crippen molar-refractivity contribution in [3.05, 3.63) is 58.4 Å². The molecule has 3 heterocycles. The summed E-state index contributed by atoms with van der Waals surface area (Å²) in [7, 11) is 1.62. The molecule has 6 nitrogen and oxygen atoms in total. The number of fused-ring (bicyclic) bond motifs is 3. The zero-order valence-electron chi connectivity index (χ0n) is 16.3. The summed E-state index contributed by atoms with van der Waals surface area (Å²) in [5.74, 6) is 1.53. The number of hydrogen-bond acceptors (Lipinski definition) is 6. The Bertz CT molecular complexity index is 1080. The standard InChI is InChI=1S/C23H23NO5/c1-26-16-6-4-15(5-7-16)20-13-28-23-18(22(20)25)8-9-21-19(23)12-24(14-29-21)11-17-3-2-10-27-17/h4-9,13,17H,2-3,10-12,14H2,1H3. The molecule has 1 aromatic heterocycles. The van der Waals surface area contributed by atoms with Crippen LogP contribution >= 0.6 is 0 Å². The molecule has 2 aliphatic rings. The molecule has 0 bridgehead atoms. The first-order chi connectivity index (χ1) is 14.2. The average Bonchev–Trinajstić information content (AvgIpc) is 3.27. The van der Waals surface area contributed by atoms with Crippen molar-refractivity contribution in [2.24, 2.45) is 0 Å². The molecule has 6 heteroatoms. The van der Waals surface area contributed by atoms with Gasteiger partial charge < -0.3 is 18.6 Å². The Morgan fingerprint density at radius 1 is 1.17 bits per heavy atom. The van der Waals surface area contributed by atoms with Gasteiger partial charge in [-0.15, -0.1) is 0 Å².